The molecule has 2 N–H and O–H groups in total. The molecule has 2 heterocycles. The minimum atomic E-state index is -2.93. The van der Waals surface area contributed by atoms with Crippen LogP contribution < -0.4 is 5.73 Å². The molecule has 7 heteroatoms. The summed E-state index contributed by atoms with van der Waals surface area (Å²) >= 11 is 1.28. The Morgan fingerprint density at radius 1 is 1.47 bits per heavy atom. The van der Waals surface area contributed by atoms with E-state index in [4.69, 9.17) is 5.73 Å². The Morgan fingerprint density at radius 3 is 2.73 bits per heavy atom. The van der Waals surface area contributed by atoms with Gasteiger partial charge in [0.05, 0.1) is 11.5 Å². The predicted molar refractivity (Wildman–Crippen MR) is 59.6 cm³/mol. The lowest BCUT2D eigenvalue weighted by Gasteiger charge is -2.30. The summed E-state index contributed by atoms with van der Waals surface area (Å²) in [7, 11) is -2.93. The molecule has 2 rings (SSSR count). The molecule has 15 heavy (non-hydrogen) atoms. The molecule has 1 aromatic heterocycles. The minimum Gasteiger partial charge on any atom is -0.374 e. The summed E-state index contributed by atoms with van der Waals surface area (Å²) in [6.07, 6.45) is 1.53. The summed E-state index contributed by atoms with van der Waals surface area (Å²) in [5, 5.41) is 8.83. The third-order valence-electron chi connectivity index (χ3n) is 2.68. The van der Waals surface area contributed by atoms with Crippen LogP contribution in [0.3, 0.4) is 0 Å². The van der Waals surface area contributed by atoms with Crippen molar-refractivity contribution in [3.8, 4) is 0 Å². The van der Waals surface area contributed by atoms with Gasteiger partial charge in [-0.2, -0.15) is 0 Å². The molecular formula is C8H13N3O2S2. The van der Waals surface area contributed by atoms with Crippen LogP contribution in [-0.4, -0.2) is 30.1 Å². The summed E-state index contributed by atoms with van der Waals surface area (Å²) in [4.78, 5) is 0. The van der Waals surface area contributed by atoms with Crippen LogP contribution in [0.2, 0.25) is 0 Å². The molecule has 0 aromatic carbocycles. The van der Waals surface area contributed by atoms with Crippen LogP contribution in [0.15, 0.2) is 0 Å². The first-order valence-corrected chi connectivity index (χ1v) is 7.35. The van der Waals surface area contributed by atoms with E-state index in [1.807, 2.05) is 6.92 Å². The number of nitrogens with two attached hydrogens (primary N) is 1. The van der Waals surface area contributed by atoms with Gasteiger partial charge in [0, 0.05) is 5.41 Å². The molecule has 0 spiro atoms. The zero-order valence-corrected chi connectivity index (χ0v) is 10.1. The summed E-state index contributed by atoms with van der Waals surface area (Å²) < 4.78 is 23.1. The highest BCUT2D eigenvalue weighted by Crippen LogP contribution is 2.36. The van der Waals surface area contributed by atoms with E-state index in [1.165, 1.54) is 11.3 Å². The maximum absolute atomic E-state index is 11.6. The third kappa shape index (κ3) is 2.12. The standard InChI is InChI=1S/C8H13N3O2S2/c1-8(6-10-11-7(9)14-6)3-2-4-15(12,13)5-8/h2-5H2,1H3,(H2,9,11). The van der Waals surface area contributed by atoms with E-state index in [2.05, 4.69) is 10.2 Å². The lowest BCUT2D eigenvalue weighted by molar-refractivity contribution is 0.440. The largest absolute Gasteiger partial charge is 0.374 e. The van der Waals surface area contributed by atoms with Gasteiger partial charge >= 0.3 is 0 Å². The van der Waals surface area contributed by atoms with Crippen LogP contribution in [0.25, 0.3) is 0 Å². The van der Waals surface area contributed by atoms with Crippen molar-refractivity contribution in [2.45, 2.75) is 25.2 Å². The second kappa shape index (κ2) is 3.41. The van der Waals surface area contributed by atoms with E-state index in [0.717, 1.165) is 11.4 Å². The van der Waals surface area contributed by atoms with Gasteiger partial charge in [0.2, 0.25) is 5.13 Å². The first-order valence-electron chi connectivity index (χ1n) is 4.71. The monoisotopic (exact) mass is 247 g/mol. The highest BCUT2D eigenvalue weighted by atomic mass is 32.2. The first-order chi connectivity index (χ1) is 6.91. The lowest BCUT2D eigenvalue weighted by Crippen LogP contribution is -2.37. The topological polar surface area (TPSA) is 85.9 Å². The van der Waals surface area contributed by atoms with Gasteiger partial charge < -0.3 is 5.73 Å². The molecule has 0 saturated carbocycles. The number of rotatable bonds is 1. The minimum absolute atomic E-state index is 0.161. The molecule has 1 aliphatic heterocycles. The van der Waals surface area contributed by atoms with Crippen molar-refractivity contribution in [2.75, 3.05) is 17.2 Å². The number of hydrogen-bond acceptors (Lipinski definition) is 6. The molecular weight excluding hydrogens is 234 g/mol. The van der Waals surface area contributed by atoms with Gasteiger partial charge in [-0.1, -0.05) is 18.3 Å². The van der Waals surface area contributed by atoms with E-state index in [1.54, 1.807) is 0 Å². The molecule has 1 saturated heterocycles. The van der Waals surface area contributed by atoms with Crippen molar-refractivity contribution in [2.24, 2.45) is 0 Å². The number of sulfone groups is 1. The van der Waals surface area contributed by atoms with Crippen LogP contribution in [0.1, 0.15) is 24.8 Å². The van der Waals surface area contributed by atoms with Crippen LogP contribution in [-0.2, 0) is 15.3 Å². The van der Waals surface area contributed by atoms with E-state index < -0.39 is 15.3 Å². The number of hydrogen-bond donors (Lipinski definition) is 1. The summed E-state index contributed by atoms with van der Waals surface area (Å²) in [6, 6.07) is 0. The Balaban J connectivity index is 2.34. The van der Waals surface area contributed by atoms with Crippen LogP contribution >= 0.6 is 11.3 Å². The molecule has 1 aliphatic rings. The molecule has 0 aliphatic carbocycles. The molecule has 1 fully saturated rings. The number of anilines is 1. The van der Waals surface area contributed by atoms with Gasteiger partial charge in [-0.05, 0) is 12.8 Å². The van der Waals surface area contributed by atoms with Crippen LogP contribution in [0.5, 0.6) is 0 Å². The van der Waals surface area contributed by atoms with Crippen LogP contribution in [0.4, 0.5) is 5.13 Å². The van der Waals surface area contributed by atoms with E-state index in [-0.39, 0.29) is 11.5 Å². The van der Waals surface area contributed by atoms with Gasteiger partial charge in [-0.25, -0.2) is 8.42 Å². The maximum atomic E-state index is 11.6. The molecule has 0 bridgehead atoms. The SMILES string of the molecule is CC1(c2nnc(N)s2)CCCS(=O)(=O)C1. The molecule has 84 valence electrons. The van der Waals surface area contributed by atoms with Gasteiger partial charge in [0.1, 0.15) is 5.01 Å². The molecule has 0 amide bonds. The van der Waals surface area contributed by atoms with Crippen molar-refractivity contribution in [1.82, 2.24) is 10.2 Å². The fourth-order valence-electron chi connectivity index (χ4n) is 1.96. The zero-order chi connectivity index (χ0) is 11.1. The fraction of sp³-hybridized carbons (Fsp3) is 0.750. The fourth-order valence-corrected chi connectivity index (χ4v) is 4.81. The molecule has 5 nitrogen and oxygen atoms in total. The Morgan fingerprint density at radius 2 is 2.20 bits per heavy atom. The van der Waals surface area contributed by atoms with Gasteiger partial charge in [0.15, 0.2) is 9.84 Å². The van der Waals surface area contributed by atoms with Crippen molar-refractivity contribution in [3.05, 3.63) is 5.01 Å². The highest BCUT2D eigenvalue weighted by molar-refractivity contribution is 7.91. The smallest absolute Gasteiger partial charge is 0.203 e. The molecule has 1 aromatic rings. The Kier molecular flexibility index (Phi) is 2.46. The number of nitrogen functional groups attached to an aromatic ring is 1. The maximum Gasteiger partial charge on any atom is 0.203 e. The van der Waals surface area contributed by atoms with Crippen molar-refractivity contribution in [1.29, 1.82) is 0 Å². The lowest BCUT2D eigenvalue weighted by atomic mass is 9.88. The quantitative estimate of drug-likeness (QED) is 0.784. The summed E-state index contributed by atoms with van der Waals surface area (Å²) in [6.45, 7) is 1.92. The molecule has 1 atom stereocenters. The van der Waals surface area contributed by atoms with Gasteiger partial charge in [-0.15, -0.1) is 10.2 Å². The summed E-state index contributed by atoms with van der Waals surface area (Å²) in [5.74, 6) is 0.450. The van der Waals surface area contributed by atoms with E-state index >= 15 is 0 Å². The zero-order valence-electron chi connectivity index (χ0n) is 8.43. The Hall–Kier alpha value is -0.690. The third-order valence-corrected chi connectivity index (χ3v) is 5.73. The second-order valence-corrected chi connectivity index (χ2v) is 7.39. The van der Waals surface area contributed by atoms with Crippen molar-refractivity contribution < 1.29 is 8.42 Å². The Labute approximate surface area is 92.6 Å². The van der Waals surface area contributed by atoms with E-state index in [0.29, 0.717) is 11.6 Å². The predicted octanol–water partition coefficient (Wildman–Crippen LogP) is 0.587. The number of nitrogens with zero attached hydrogens (tertiary/aromatic N) is 2. The Bertz CT molecular complexity index is 468. The highest BCUT2D eigenvalue weighted by Gasteiger charge is 2.39. The second-order valence-electron chi connectivity index (χ2n) is 4.20. The van der Waals surface area contributed by atoms with Gasteiger partial charge in [-0.3, -0.25) is 0 Å². The first kappa shape index (κ1) is 10.8. The van der Waals surface area contributed by atoms with Crippen molar-refractivity contribution >= 4 is 26.3 Å². The average Bonchev–Trinajstić information content (AvgIpc) is 2.49. The molecule has 0 radical (unpaired) electrons. The van der Waals surface area contributed by atoms with Gasteiger partial charge in [0.25, 0.3) is 0 Å². The van der Waals surface area contributed by atoms with Crippen molar-refractivity contribution in [3.63, 3.8) is 0 Å². The normalized spacial score (nSPS) is 30.2. The molecule has 1 unspecified atom stereocenters. The average molecular weight is 247 g/mol. The van der Waals surface area contributed by atoms with E-state index in [9.17, 15) is 8.42 Å². The number of aromatic nitrogens is 2. The van der Waals surface area contributed by atoms with Crippen LogP contribution in [0, 0.1) is 0 Å². The summed E-state index contributed by atoms with van der Waals surface area (Å²) in [5.41, 5.74) is 5.11.